The van der Waals surface area contributed by atoms with E-state index in [1.54, 1.807) is 0 Å². The second-order valence-electron chi connectivity index (χ2n) is 5.90. The van der Waals surface area contributed by atoms with E-state index in [0.717, 1.165) is 44.9 Å². The minimum absolute atomic E-state index is 0.196. The van der Waals surface area contributed by atoms with Gasteiger partial charge in [0, 0.05) is 32.7 Å². The molecule has 96 valence electrons. The van der Waals surface area contributed by atoms with Crippen LogP contribution in [0.2, 0.25) is 0 Å². The van der Waals surface area contributed by atoms with Crippen LogP contribution in [0.15, 0.2) is 0 Å². The Kier molecular flexibility index (Phi) is 3.09. The van der Waals surface area contributed by atoms with Crippen LogP contribution in [0.1, 0.15) is 25.7 Å². The first-order valence-electron chi connectivity index (χ1n) is 6.93. The quantitative estimate of drug-likeness (QED) is 0.772. The highest BCUT2D eigenvalue weighted by molar-refractivity contribution is 5.74. The fourth-order valence-electron chi connectivity index (χ4n) is 2.96. The number of carbonyl (C=O) groups is 1. The summed E-state index contributed by atoms with van der Waals surface area (Å²) in [4.78, 5) is 16.0. The molecule has 1 unspecified atom stereocenters. The summed E-state index contributed by atoms with van der Waals surface area (Å²) < 4.78 is 0. The molecule has 0 amide bonds. The third kappa shape index (κ3) is 2.80. The molecule has 17 heavy (non-hydrogen) atoms. The van der Waals surface area contributed by atoms with Crippen LogP contribution in [-0.4, -0.2) is 59.6 Å². The Bertz CT molecular complexity index is 292. The summed E-state index contributed by atoms with van der Waals surface area (Å²) in [5.41, 5.74) is 0. The molecule has 3 rings (SSSR count). The van der Waals surface area contributed by atoms with E-state index in [1.165, 1.54) is 19.4 Å². The van der Waals surface area contributed by atoms with Gasteiger partial charge in [-0.05, 0) is 37.5 Å². The Morgan fingerprint density at radius 3 is 2.24 bits per heavy atom. The van der Waals surface area contributed by atoms with Crippen molar-refractivity contribution >= 4 is 5.97 Å². The van der Waals surface area contributed by atoms with E-state index >= 15 is 0 Å². The lowest BCUT2D eigenvalue weighted by molar-refractivity contribution is -0.145. The van der Waals surface area contributed by atoms with Gasteiger partial charge in [0.1, 0.15) is 6.04 Å². The predicted octanol–water partition coefficient (Wildman–Crippen LogP) is 0.877. The van der Waals surface area contributed by atoms with Gasteiger partial charge in [-0.15, -0.1) is 0 Å². The van der Waals surface area contributed by atoms with Crippen molar-refractivity contribution in [2.45, 2.75) is 31.7 Å². The van der Waals surface area contributed by atoms with Crippen molar-refractivity contribution < 1.29 is 9.90 Å². The first-order valence-corrected chi connectivity index (χ1v) is 6.93. The van der Waals surface area contributed by atoms with E-state index < -0.39 is 5.97 Å². The molecule has 4 heteroatoms. The van der Waals surface area contributed by atoms with E-state index in [9.17, 15) is 9.90 Å². The molecule has 0 aromatic rings. The molecule has 0 aromatic carbocycles. The number of nitrogens with zero attached hydrogens (tertiary/aromatic N) is 2. The molecule has 1 heterocycles. The smallest absolute Gasteiger partial charge is 0.321 e. The Morgan fingerprint density at radius 1 is 1.12 bits per heavy atom. The fraction of sp³-hybridized carbons (Fsp3) is 0.923. The van der Waals surface area contributed by atoms with Crippen LogP contribution in [0.4, 0.5) is 0 Å². The summed E-state index contributed by atoms with van der Waals surface area (Å²) in [6.07, 6.45) is 5.03. The van der Waals surface area contributed by atoms with Gasteiger partial charge in [0.15, 0.2) is 0 Å². The average Bonchev–Trinajstić information content (AvgIpc) is 3.13. The summed E-state index contributed by atoms with van der Waals surface area (Å²) in [6.45, 7) is 5.26. The maximum absolute atomic E-state index is 11.3. The summed E-state index contributed by atoms with van der Waals surface area (Å²) in [5, 5.41) is 9.30. The summed E-state index contributed by atoms with van der Waals surface area (Å²) >= 11 is 0. The Morgan fingerprint density at radius 2 is 1.76 bits per heavy atom. The number of carboxylic acids is 1. The van der Waals surface area contributed by atoms with Crippen molar-refractivity contribution in [3.63, 3.8) is 0 Å². The highest BCUT2D eigenvalue weighted by Gasteiger charge is 2.41. The van der Waals surface area contributed by atoms with Crippen LogP contribution < -0.4 is 0 Å². The number of aliphatic carboxylic acids is 1. The third-order valence-electron chi connectivity index (χ3n) is 4.34. The molecule has 1 N–H and O–H groups in total. The van der Waals surface area contributed by atoms with Gasteiger partial charge in [0.25, 0.3) is 0 Å². The average molecular weight is 238 g/mol. The van der Waals surface area contributed by atoms with Gasteiger partial charge in [0.2, 0.25) is 0 Å². The number of hydrogen-bond acceptors (Lipinski definition) is 3. The van der Waals surface area contributed by atoms with Crippen LogP contribution in [-0.2, 0) is 4.79 Å². The van der Waals surface area contributed by atoms with Crippen LogP contribution in [0.25, 0.3) is 0 Å². The van der Waals surface area contributed by atoms with E-state index in [2.05, 4.69) is 9.80 Å². The van der Waals surface area contributed by atoms with Crippen molar-refractivity contribution in [1.82, 2.24) is 9.80 Å². The summed E-state index contributed by atoms with van der Waals surface area (Å²) in [5.74, 6) is 0.769. The lowest BCUT2D eigenvalue weighted by atomic mass is 10.1. The van der Waals surface area contributed by atoms with Gasteiger partial charge in [-0.25, -0.2) is 0 Å². The Balaban J connectivity index is 1.50. The summed E-state index contributed by atoms with van der Waals surface area (Å²) in [6, 6.07) is -0.196. The first-order chi connectivity index (χ1) is 8.24. The zero-order valence-corrected chi connectivity index (χ0v) is 10.3. The van der Waals surface area contributed by atoms with Crippen LogP contribution >= 0.6 is 0 Å². The van der Waals surface area contributed by atoms with Crippen molar-refractivity contribution in [2.75, 3.05) is 32.7 Å². The van der Waals surface area contributed by atoms with Crippen molar-refractivity contribution in [2.24, 2.45) is 11.8 Å². The highest BCUT2D eigenvalue weighted by atomic mass is 16.4. The molecule has 3 fully saturated rings. The van der Waals surface area contributed by atoms with Crippen molar-refractivity contribution in [1.29, 1.82) is 0 Å². The minimum Gasteiger partial charge on any atom is -0.480 e. The lowest BCUT2D eigenvalue weighted by Crippen LogP contribution is -2.53. The lowest BCUT2D eigenvalue weighted by Gasteiger charge is -2.37. The molecule has 0 bridgehead atoms. The van der Waals surface area contributed by atoms with E-state index in [0.29, 0.717) is 5.92 Å². The monoisotopic (exact) mass is 238 g/mol. The van der Waals surface area contributed by atoms with Crippen LogP contribution in [0.5, 0.6) is 0 Å². The van der Waals surface area contributed by atoms with Gasteiger partial charge < -0.3 is 10.0 Å². The molecule has 3 aliphatic rings. The Hall–Kier alpha value is -0.610. The number of carboxylic acid groups (broad SMARTS) is 1. The molecule has 1 saturated heterocycles. The van der Waals surface area contributed by atoms with Crippen LogP contribution in [0.3, 0.4) is 0 Å². The van der Waals surface area contributed by atoms with Crippen molar-refractivity contribution in [3.8, 4) is 0 Å². The zero-order chi connectivity index (χ0) is 11.8. The molecule has 2 saturated carbocycles. The highest BCUT2D eigenvalue weighted by Crippen LogP contribution is 2.36. The predicted molar refractivity (Wildman–Crippen MR) is 64.9 cm³/mol. The molecule has 4 nitrogen and oxygen atoms in total. The molecule has 0 spiro atoms. The molecule has 0 radical (unpaired) electrons. The van der Waals surface area contributed by atoms with Gasteiger partial charge in [-0.3, -0.25) is 9.69 Å². The topological polar surface area (TPSA) is 43.8 Å². The van der Waals surface area contributed by atoms with Gasteiger partial charge in [-0.1, -0.05) is 0 Å². The maximum atomic E-state index is 11.3. The fourth-order valence-corrected chi connectivity index (χ4v) is 2.96. The van der Waals surface area contributed by atoms with E-state index in [4.69, 9.17) is 0 Å². The largest absolute Gasteiger partial charge is 0.480 e. The molecule has 0 aromatic heterocycles. The Labute approximate surface area is 103 Å². The van der Waals surface area contributed by atoms with Gasteiger partial charge in [-0.2, -0.15) is 0 Å². The van der Waals surface area contributed by atoms with Gasteiger partial charge >= 0.3 is 5.97 Å². The molecular formula is C13H22N2O2. The molecule has 1 atom stereocenters. The maximum Gasteiger partial charge on any atom is 0.321 e. The van der Waals surface area contributed by atoms with Crippen LogP contribution in [0, 0.1) is 11.8 Å². The van der Waals surface area contributed by atoms with E-state index in [1.807, 2.05) is 0 Å². The zero-order valence-electron chi connectivity index (χ0n) is 10.3. The SMILES string of the molecule is O=C(O)C(C1CC1)N1CCN(CC2CC2)CC1. The minimum atomic E-state index is -0.608. The van der Waals surface area contributed by atoms with E-state index in [-0.39, 0.29) is 6.04 Å². The normalized spacial score (nSPS) is 29.2. The first kappa shape index (κ1) is 11.5. The third-order valence-corrected chi connectivity index (χ3v) is 4.34. The molecule has 2 aliphatic carbocycles. The second-order valence-corrected chi connectivity index (χ2v) is 5.90. The second kappa shape index (κ2) is 4.58. The van der Waals surface area contributed by atoms with Crippen molar-refractivity contribution in [3.05, 3.63) is 0 Å². The number of rotatable bonds is 5. The number of hydrogen-bond donors (Lipinski definition) is 1. The standard InChI is InChI=1S/C13H22N2O2/c16-13(17)12(11-3-4-11)15-7-5-14(6-8-15)9-10-1-2-10/h10-12H,1-9H2,(H,16,17). The molecule has 1 aliphatic heterocycles. The summed E-state index contributed by atoms with van der Waals surface area (Å²) in [7, 11) is 0. The van der Waals surface area contributed by atoms with Gasteiger partial charge in [0.05, 0.1) is 0 Å². The number of piperazine rings is 1. The molecular weight excluding hydrogens is 216 g/mol.